The van der Waals surface area contributed by atoms with Gasteiger partial charge in [0.2, 0.25) is 31.8 Å². The number of nitrogens with zero attached hydrogens (tertiary/aromatic N) is 1. The van der Waals surface area contributed by atoms with Gasteiger partial charge in [0.25, 0.3) is 0 Å². The van der Waals surface area contributed by atoms with E-state index in [0.29, 0.717) is 23.6 Å². The Morgan fingerprint density at radius 2 is 1.69 bits per heavy atom. The van der Waals surface area contributed by atoms with E-state index in [-0.39, 0.29) is 32.6 Å². The van der Waals surface area contributed by atoms with Gasteiger partial charge in [-0.15, -0.1) is 0 Å². The largest absolute Gasteiger partial charge is 0.494 e. The molecular formula is C26H24N2O5S2. The van der Waals surface area contributed by atoms with Crippen LogP contribution in [0.3, 0.4) is 0 Å². The number of benzene rings is 3. The lowest BCUT2D eigenvalue weighted by Gasteiger charge is -2.07. The fourth-order valence-electron chi connectivity index (χ4n) is 3.21. The second-order valence-corrected chi connectivity index (χ2v) is 10.4. The minimum Gasteiger partial charge on any atom is -0.494 e. The summed E-state index contributed by atoms with van der Waals surface area (Å²) in [5, 5.41) is 2.64. The Balaban J connectivity index is 1.58. The fraction of sp³-hybridized carbons (Fsp3) is 0.154. The zero-order valence-electron chi connectivity index (χ0n) is 19.2. The minimum atomic E-state index is -3.95. The molecule has 1 heterocycles. The van der Waals surface area contributed by atoms with Crippen molar-refractivity contribution in [2.75, 3.05) is 17.7 Å². The van der Waals surface area contributed by atoms with Gasteiger partial charge in [-0.1, -0.05) is 47.7 Å². The van der Waals surface area contributed by atoms with E-state index in [1.54, 1.807) is 42.5 Å². The number of aryl methyl sites for hydroxylation is 1. The van der Waals surface area contributed by atoms with E-state index in [1.165, 1.54) is 12.1 Å². The van der Waals surface area contributed by atoms with Crippen molar-refractivity contribution in [3.8, 4) is 17.2 Å². The third-order valence-corrected chi connectivity index (χ3v) is 7.71. The average molecular weight is 509 g/mol. The van der Waals surface area contributed by atoms with Crippen LogP contribution >= 0.6 is 11.8 Å². The number of rotatable bonds is 9. The smallest absolute Gasteiger partial charge is 0.234 e. The molecule has 0 aliphatic rings. The summed E-state index contributed by atoms with van der Waals surface area (Å²) in [6, 6.07) is 22.4. The first-order valence-corrected chi connectivity index (χ1v) is 13.4. The minimum absolute atomic E-state index is 0.0614. The SMILES string of the molecule is CCOc1ccc(NC(=O)CSc2oc(-c3ccc(C)cc3)nc2S(=O)(=O)c2ccccc2)cc1. The number of hydrogen-bond acceptors (Lipinski definition) is 7. The third kappa shape index (κ3) is 5.93. The summed E-state index contributed by atoms with van der Waals surface area (Å²) in [5.74, 6) is 0.512. The van der Waals surface area contributed by atoms with Crippen LogP contribution in [0.1, 0.15) is 12.5 Å². The highest BCUT2D eigenvalue weighted by atomic mass is 32.2. The number of nitrogens with one attached hydrogen (secondary N) is 1. The average Bonchev–Trinajstić information content (AvgIpc) is 3.30. The Kier molecular flexibility index (Phi) is 7.57. The van der Waals surface area contributed by atoms with Crippen molar-refractivity contribution in [2.24, 2.45) is 0 Å². The Labute approximate surface area is 208 Å². The molecule has 4 rings (SSSR count). The molecule has 0 aliphatic heterocycles. The summed E-state index contributed by atoms with van der Waals surface area (Å²) < 4.78 is 37.9. The molecule has 3 aromatic carbocycles. The van der Waals surface area contributed by atoms with Crippen LogP contribution in [0.15, 0.2) is 98.3 Å². The maximum absolute atomic E-state index is 13.3. The lowest BCUT2D eigenvalue weighted by molar-refractivity contribution is -0.113. The number of anilines is 1. The number of oxazole rings is 1. The number of sulfone groups is 1. The second-order valence-electron chi connectivity index (χ2n) is 7.59. The van der Waals surface area contributed by atoms with E-state index in [9.17, 15) is 13.2 Å². The lowest BCUT2D eigenvalue weighted by atomic mass is 10.1. The molecule has 0 spiro atoms. The van der Waals surface area contributed by atoms with E-state index in [4.69, 9.17) is 9.15 Å². The van der Waals surface area contributed by atoms with Crippen LogP contribution in [0.4, 0.5) is 5.69 Å². The second kappa shape index (κ2) is 10.8. The van der Waals surface area contributed by atoms with Gasteiger partial charge in [-0.3, -0.25) is 4.79 Å². The van der Waals surface area contributed by atoms with Gasteiger partial charge >= 0.3 is 0 Å². The van der Waals surface area contributed by atoms with Crippen LogP contribution in [0, 0.1) is 6.92 Å². The molecule has 0 fully saturated rings. The van der Waals surface area contributed by atoms with Gasteiger partial charge in [0.1, 0.15) is 5.75 Å². The Morgan fingerprint density at radius 1 is 1.00 bits per heavy atom. The van der Waals surface area contributed by atoms with Crippen LogP contribution in [0.2, 0.25) is 0 Å². The summed E-state index contributed by atoms with van der Waals surface area (Å²) in [6.45, 7) is 4.40. The first-order valence-electron chi connectivity index (χ1n) is 10.9. The van der Waals surface area contributed by atoms with Gasteiger partial charge < -0.3 is 14.5 Å². The summed E-state index contributed by atoms with van der Waals surface area (Å²) in [4.78, 5) is 17.0. The monoisotopic (exact) mass is 508 g/mol. The summed E-state index contributed by atoms with van der Waals surface area (Å²) in [5.41, 5.74) is 2.30. The number of carbonyl (C=O) groups excluding carboxylic acids is 1. The van der Waals surface area contributed by atoms with Gasteiger partial charge in [-0.05, 0) is 62.4 Å². The molecular weight excluding hydrogens is 484 g/mol. The molecule has 4 aromatic rings. The number of hydrogen-bond donors (Lipinski definition) is 1. The molecule has 180 valence electrons. The van der Waals surface area contributed by atoms with Crippen molar-refractivity contribution < 1.29 is 22.4 Å². The van der Waals surface area contributed by atoms with Crippen molar-refractivity contribution in [2.45, 2.75) is 28.9 Å². The van der Waals surface area contributed by atoms with Crippen molar-refractivity contribution in [1.82, 2.24) is 4.98 Å². The number of ether oxygens (including phenoxy) is 1. The molecule has 1 aromatic heterocycles. The number of thioether (sulfide) groups is 1. The van der Waals surface area contributed by atoms with Crippen LogP contribution in [-0.4, -0.2) is 31.7 Å². The van der Waals surface area contributed by atoms with Gasteiger partial charge in [0.15, 0.2) is 0 Å². The highest BCUT2D eigenvalue weighted by molar-refractivity contribution is 8.00. The molecule has 1 amide bonds. The van der Waals surface area contributed by atoms with Crippen LogP contribution in [0.5, 0.6) is 5.75 Å². The topological polar surface area (TPSA) is 98.5 Å². The highest BCUT2D eigenvalue weighted by Crippen LogP contribution is 2.35. The van der Waals surface area contributed by atoms with Crippen molar-refractivity contribution in [3.05, 3.63) is 84.4 Å². The van der Waals surface area contributed by atoms with Gasteiger partial charge in [0.05, 0.1) is 17.3 Å². The van der Waals surface area contributed by atoms with Crippen LogP contribution < -0.4 is 10.1 Å². The maximum atomic E-state index is 13.3. The fourth-order valence-corrected chi connectivity index (χ4v) is 5.56. The lowest BCUT2D eigenvalue weighted by Crippen LogP contribution is -2.14. The standard InChI is InChI=1S/C26H24N2O5S2/c1-3-32-21-15-13-20(14-16-21)27-23(29)17-34-26-25(35(30,31)22-7-5-4-6-8-22)28-24(33-26)19-11-9-18(2)10-12-19/h4-16H,3,17H2,1-2H3,(H,27,29). The summed E-state index contributed by atoms with van der Waals surface area (Å²) in [6.07, 6.45) is 0. The molecule has 0 saturated carbocycles. The molecule has 1 N–H and O–H groups in total. The molecule has 7 nitrogen and oxygen atoms in total. The molecule has 0 radical (unpaired) electrons. The zero-order valence-corrected chi connectivity index (χ0v) is 20.9. The molecule has 0 atom stereocenters. The third-order valence-electron chi connectivity index (χ3n) is 4.96. The molecule has 0 bridgehead atoms. The van der Waals surface area contributed by atoms with Crippen molar-refractivity contribution in [1.29, 1.82) is 0 Å². The van der Waals surface area contributed by atoms with Gasteiger partial charge in [-0.25, -0.2) is 8.42 Å². The summed E-state index contributed by atoms with van der Waals surface area (Å²) in [7, 11) is -3.95. The van der Waals surface area contributed by atoms with Crippen molar-refractivity contribution >= 4 is 33.2 Å². The van der Waals surface area contributed by atoms with E-state index in [0.717, 1.165) is 17.3 Å². The zero-order chi connectivity index (χ0) is 24.8. The quantitative estimate of drug-likeness (QED) is 0.293. The van der Waals surface area contributed by atoms with E-state index < -0.39 is 9.84 Å². The molecule has 9 heteroatoms. The Morgan fingerprint density at radius 3 is 2.34 bits per heavy atom. The van der Waals surface area contributed by atoms with E-state index >= 15 is 0 Å². The number of amides is 1. The van der Waals surface area contributed by atoms with E-state index in [1.807, 2.05) is 38.1 Å². The van der Waals surface area contributed by atoms with Crippen molar-refractivity contribution in [3.63, 3.8) is 0 Å². The molecule has 0 aliphatic carbocycles. The molecule has 0 saturated heterocycles. The van der Waals surface area contributed by atoms with Gasteiger partial charge in [-0.2, -0.15) is 4.98 Å². The predicted molar refractivity (Wildman–Crippen MR) is 136 cm³/mol. The van der Waals surface area contributed by atoms with Crippen LogP contribution in [-0.2, 0) is 14.6 Å². The predicted octanol–water partition coefficient (Wildman–Crippen LogP) is 5.61. The Bertz CT molecular complexity index is 1400. The molecule has 35 heavy (non-hydrogen) atoms. The van der Waals surface area contributed by atoms with E-state index in [2.05, 4.69) is 10.3 Å². The number of carbonyl (C=O) groups is 1. The van der Waals surface area contributed by atoms with Crippen LogP contribution in [0.25, 0.3) is 11.5 Å². The van der Waals surface area contributed by atoms with Gasteiger partial charge in [0, 0.05) is 11.3 Å². The number of aromatic nitrogens is 1. The summed E-state index contributed by atoms with van der Waals surface area (Å²) >= 11 is 0.981. The Hall–Kier alpha value is -3.56. The first-order chi connectivity index (χ1) is 16.9. The normalized spacial score (nSPS) is 11.3. The highest BCUT2D eigenvalue weighted by Gasteiger charge is 2.29. The maximum Gasteiger partial charge on any atom is 0.234 e. The molecule has 0 unspecified atom stereocenters. The first kappa shape index (κ1) is 24.6.